The van der Waals surface area contributed by atoms with E-state index in [2.05, 4.69) is 87.2 Å². The third-order valence-corrected chi connectivity index (χ3v) is 25.1. The summed E-state index contributed by atoms with van der Waals surface area (Å²) in [5.74, 6) is 3.26. The first-order chi connectivity index (χ1) is 55.3. The van der Waals surface area contributed by atoms with Crippen molar-refractivity contribution in [2.24, 2.45) is 0 Å². The summed E-state index contributed by atoms with van der Waals surface area (Å²) in [5, 5.41) is 0. The Morgan fingerprint density at radius 3 is 0.719 bits per heavy atom. The maximum Gasteiger partial charge on any atom is 0.498 e. The van der Waals surface area contributed by atoms with Crippen LogP contribution in [0.1, 0.15) is 131 Å². The molecule has 0 spiro atoms. The molecule has 4 aliphatic heterocycles. The fourth-order valence-corrected chi connectivity index (χ4v) is 15.1. The summed E-state index contributed by atoms with van der Waals surface area (Å²) in [6.45, 7) is 34.9. The van der Waals surface area contributed by atoms with Crippen molar-refractivity contribution in [3.8, 4) is 23.0 Å². The largest absolute Gasteiger partial charge is 0.498 e. The number of rotatable bonds is 36. The molecule has 0 amide bonds. The van der Waals surface area contributed by atoms with Crippen LogP contribution in [0.5, 0.6) is 23.0 Å². The number of para-hydroxylation sites is 4. The lowest BCUT2D eigenvalue weighted by Crippen LogP contribution is -2.85. The van der Waals surface area contributed by atoms with Crippen LogP contribution in [-0.4, -0.2) is 441 Å². The minimum atomic E-state index is -0.960. The van der Waals surface area contributed by atoms with Gasteiger partial charge in [-0.1, -0.05) is 68.1 Å². The first-order valence-electron chi connectivity index (χ1n) is 40.4. The molecular formula is C55H80B52Br2O12. The van der Waals surface area contributed by atoms with Crippen LogP contribution in [0.4, 0.5) is 0 Å². The van der Waals surface area contributed by atoms with Gasteiger partial charge < -0.3 is 56.2 Å². The molecule has 4 fully saturated rings. The molecule has 12 nitrogen and oxygen atoms in total. The molecule has 0 saturated carbocycles. The minimum Gasteiger partial charge on any atom is -0.494 e. The van der Waals surface area contributed by atoms with Crippen LogP contribution < -0.4 is 29.9 Å². The SMILES string of the molecule is Brc1ccccc1OCCCOc1ccccc1Br.C.CC1(C)OB(B2OC(C)(C)C(C)(C)O2)OC1(C)C.CC1(C)OB(c2ccccc2OCCCOc2ccccc2B2OC(C)(C)C(C)(C)O2)OC1(C)C.[B][B]B(B([B])[B])B(B([B])[B])B(B(B([B])[B])B([B])[B])B(B([B])[B])B([B])[B].[B][B]B([B])B(B([B])[B])B(B(B([B])[B])B([B])[B])B(B([B])[B])B([B])[B]. The van der Waals surface area contributed by atoms with E-state index in [0.29, 0.717) is 26.4 Å². The zero-order valence-electron chi connectivity index (χ0n) is 73.2. The van der Waals surface area contributed by atoms with E-state index < -0.39 is 185 Å². The van der Waals surface area contributed by atoms with Crippen LogP contribution >= 0.6 is 31.9 Å². The van der Waals surface area contributed by atoms with Gasteiger partial charge in [-0.25, -0.2) is 0 Å². The van der Waals surface area contributed by atoms with Gasteiger partial charge >= 0.3 is 28.3 Å². The zero-order valence-corrected chi connectivity index (χ0v) is 76.3. The third-order valence-electron chi connectivity index (χ3n) is 23.8. The number of halogens is 2. The Morgan fingerprint density at radius 2 is 0.496 bits per heavy atom. The van der Waals surface area contributed by atoms with Crippen molar-refractivity contribution in [2.45, 2.75) is 176 Å². The molecule has 0 aromatic heterocycles. The minimum absolute atomic E-state index is 0. The summed E-state index contributed by atoms with van der Waals surface area (Å²) in [6, 6.07) is 31.4. The highest BCUT2D eigenvalue weighted by molar-refractivity contribution is 9.11. The molecule has 121 heavy (non-hydrogen) atoms. The Morgan fingerprint density at radius 1 is 0.281 bits per heavy atom. The lowest BCUT2D eigenvalue weighted by molar-refractivity contribution is 0.00578. The summed E-state index contributed by atoms with van der Waals surface area (Å²) >= 11 is 6.90. The second-order valence-electron chi connectivity index (χ2n) is 35.0. The summed E-state index contributed by atoms with van der Waals surface area (Å²) in [6.07, 6.45) is -15.7. The van der Waals surface area contributed by atoms with E-state index in [1.165, 1.54) is 14.1 Å². The predicted molar refractivity (Wildman–Crippen MR) is 579 cm³/mol. The van der Waals surface area contributed by atoms with E-state index in [4.69, 9.17) is 250 Å². The Kier molecular flexibility index (Phi) is 48.4. The molecule has 52 radical (unpaired) electrons. The molecule has 0 aliphatic carbocycles. The Hall–Kier alpha value is 0.0966. The second-order valence-corrected chi connectivity index (χ2v) is 36.7. The number of ether oxygens (including phenoxy) is 4. The fraction of sp³-hybridized carbons (Fsp3) is 0.564. The fourth-order valence-electron chi connectivity index (χ4n) is 14.3. The van der Waals surface area contributed by atoms with Gasteiger partial charge in [-0.15, -0.1) is 0 Å². The summed E-state index contributed by atoms with van der Waals surface area (Å²) < 4.78 is 74.2. The molecule has 4 saturated heterocycles. The van der Waals surface area contributed by atoms with Gasteiger partial charge in [-0.05, 0) is 179 Å². The molecule has 4 heterocycles. The van der Waals surface area contributed by atoms with Crippen LogP contribution in [0, 0.1) is 0 Å². The first-order valence-corrected chi connectivity index (χ1v) is 42.0. The van der Waals surface area contributed by atoms with E-state index in [-0.39, 0.29) is 29.8 Å². The van der Waals surface area contributed by atoms with Gasteiger partial charge in [-0.2, -0.15) is 0 Å². The van der Waals surface area contributed by atoms with Crippen LogP contribution in [0.2, 0.25) is 0 Å². The van der Waals surface area contributed by atoms with Crippen molar-refractivity contribution < 1.29 is 56.2 Å². The average Bonchev–Trinajstić information content (AvgIpc) is 1.57. The maximum atomic E-state index is 6.22. The lowest BCUT2D eigenvalue weighted by atomic mass is 8.35. The standard InChI is InChI=1S/C27H38B2O6.C15H14Br2O2.C12H24B2O4.CH4.B25.B23/c1-24(2)25(3,4)33-28(32-24)20-14-9-11-16-22(20)30-18-13-19-31-23-17-12-10-15-21(23)29-34-26(5,6)27(7,8)35-29;16-12-6-1-3-8-14(12)18-10-5-11-19-15-9-4-2-7-13(15)17;1-9(2)10(3,4)16-13(15-9)14-17-11(5,6)12(7,8)18-14;;1-14-21(15(2)3)24(20(12)13)25(22(16(4)5)17(6)7)23(18(8)9)19(10)11;1-13-19(12)22(18(10)11)23(20(14(2)3)15(4)5)21(16(6)7)17(8)9/h9-12,14-17H,13,18-19H2,1-8H3;1-4,6-9H,5,10-11H2;1-8H3;1H4;;. The van der Waals surface area contributed by atoms with Crippen molar-refractivity contribution in [2.75, 3.05) is 26.4 Å². The highest BCUT2D eigenvalue weighted by Crippen LogP contribution is 2.44. The first kappa shape index (κ1) is 115. The van der Waals surface area contributed by atoms with Gasteiger partial charge in [0.25, 0.3) is 0 Å². The maximum absolute atomic E-state index is 6.22. The van der Waals surface area contributed by atoms with E-state index >= 15 is 0 Å². The molecule has 542 valence electrons. The van der Waals surface area contributed by atoms with E-state index in [1.54, 1.807) is 0 Å². The molecule has 0 unspecified atom stereocenters. The van der Waals surface area contributed by atoms with Gasteiger partial charge in [-0.3, -0.25) is 0 Å². The molecule has 8 rings (SSSR count). The molecule has 0 bridgehead atoms. The van der Waals surface area contributed by atoms with Crippen molar-refractivity contribution in [1.82, 2.24) is 0 Å². The Labute approximate surface area is 793 Å². The molecular weight excluding hydrogens is 1570 g/mol. The predicted octanol–water partition coefficient (Wildman–Crippen LogP) is -6.20. The molecule has 4 aromatic carbocycles. The van der Waals surface area contributed by atoms with Crippen molar-refractivity contribution in [3.05, 3.63) is 106 Å². The summed E-state index contributed by atoms with van der Waals surface area (Å²) in [5.41, 5.74) is -1.24. The van der Waals surface area contributed by atoms with E-state index in [1.807, 2.05) is 152 Å². The average molecular weight is 1660 g/mol. The van der Waals surface area contributed by atoms with E-state index in [9.17, 15) is 0 Å². The molecule has 4 aromatic rings. The Bertz CT molecular complexity index is 3370. The molecule has 0 N–H and O–H groups in total. The smallest absolute Gasteiger partial charge is 0.494 e. The van der Waals surface area contributed by atoms with Gasteiger partial charge in [0.15, 0.2) is 0 Å². The highest BCUT2D eigenvalue weighted by atomic mass is 79.9. The summed E-state index contributed by atoms with van der Waals surface area (Å²) in [7, 11) is 147. The van der Waals surface area contributed by atoms with Crippen LogP contribution in [0.15, 0.2) is 106 Å². The van der Waals surface area contributed by atoms with Gasteiger partial charge in [0.05, 0.1) is 80.2 Å². The number of hydrogen-bond acceptors (Lipinski definition) is 12. The lowest BCUT2D eigenvalue weighted by Gasteiger charge is -2.47. The Balaban J connectivity index is 0.000000399. The molecule has 4 aliphatic rings. The van der Waals surface area contributed by atoms with E-state index in [0.717, 1.165) is 55.7 Å². The molecule has 0 atom stereocenters. The van der Waals surface area contributed by atoms with Gasteiger partial charge in [0.1, 0.15) is 23.0 Å². The number of hydrogen-bond donors (Lipinski definition) is 0. The van der Waals surface area contributed by atoms with Crippen molar-refractivity contribution >= 4 is 413 Å². The zero-order chi connectivity index (χ0) is 91.5. The number of benzene rings is 4. The second kappa shape index (κ2) is 50.8. The van der Waals surface area contributed by atoms with Gasteiger partial charge in [0.2, 0.25) is 0 Å². The topological polar surface area (TPSA) is 111 Å². The van der Waals surface area contributed by atoms with Gasteiger partial charge in [0, 0.05) is 365 Å². The monoisotopic (exact) mass is 1660 g/mol. The van der Waals surface area contributed by atoms with Crippen molar-refractivity contribution in [3.63, 3.8) is 0 Å². The van der Waals surface area contributed by atoms with Crippen LogP contribution in [0.25, 0.3) is 0 Å². The third kappa shape index (κ3) is 32.2. The normalized spacial score (nSPS) is 16.3. The van der Waals surface area contributed by atoms with Crippen LogP contribution in [0.3, 0.4) is 0 Å². The van der Waals surface area contributed by atoms with Crippen LogP contribution in [-0.2, 0) is 37.2 Å². The van der Waals surface area contributed by atoms with Crippen molar-refractivity contribution in [1.29, 1.82) is 0 Å². The molecule has 66 heteroatoms. The summed E-state index contributed by atoms with van der Waals surface area (Å²) in [4.78, 5) is 0. The quantitative estimate of drug-likeness (QED) is 0.0320. The highest BCUT2D eigenvalue weighted by Gasteiger charge is 2.64.